The van der Waals surface area contributed by atoms with Crippen molar-refractivity contribution < 1.29 is 14.3 Å². The maximum Gasteiger partial charge on any atom is 0.242 e. The van der Waals surface area contributed by atoms with Gasteiger partial charge < -0.3 is 14.5 Å². The Labute approximate surface area is 176 Å². The number of carbonyl (C=O) groups excluding carboxylic acids is 2. The Hall–Kier alpha value is -2.18. The first kappa shape index (κ1) is 20.1. The molecule has 1 aromatic heterocycles. The molecule has 1 aromatic carbocycles. The molecular formula is C23H28N2O3S. The quantitative estimate of drug-likeness (QED) is 0.755. The van der Waals surface area contributed by atoms with Crippen molar-refractivity contribution in [2.75, 3.05) is 26.2 Å². The molecule has 0 aliphatic carbocycles. The Morgan fingerprint density at radius 2 is 2.07 bits per heavy atom. The van der Waals surface area contributed by atoms with Gasteiger partial charge in [0.05, 0.1) is 18.7 Å². The number of thiophene rings is 1. The molecule has 0 saturated carbocycles. The van der Waals surface area contributed by atoms with E-state index in [1.165, 1.54) is 22.9 Å². The summed E-state index contributed by atoms with van der Waals surface area (Å²) in [5, 5.41) is 2.11. The van der Waals surface area contributed by atoms with E-state index in [4.69, 9.17) is 4.74 Å². The van der Waals surface area contributed by atoms with Gasteiger partial charge >= 0.3 is 0 Å². The number of hydrogen-bond acceptors (Lipinski definition) is 4. The summed E-state index contributed by atoms with van der Waals surface area (Å²) in [5.74, 6) is -0.0715. The molecule has 0 radical (unpaired) electrons. The Morgan fingerprint density at radius 3 is 2.79 bits per heavy atom. The molecule has 0 unspecified atom stereocenters. The average Bonchev–Trinajstić information content (AvgIpc) is 3.38. The van der Waals surface area contributed by atoms with Crippen molar-refractivity contribution >= 4 is 23.2 Å². The predicted octanol–water partition coefficient (Wildman–Crippen LogP) is 3.56. The SMILES string of the molecule is CC(=O)N(CC(=O)N1CCc2sccc2[C@H]1c1ccccc1C)C[C@@H]1CCCO1. The van der Waals surface area contributed by atoms with Gasteiger partial charge in [0.1, 0.15) is 0 Å². The van der Waals surface area contributed by atoms with Crippen molar-refractivity contribution in [2.45, 2.75) is 45.3 Å². The molecule has 4 rings (SSSR count). The summed E-state index contributed by atoms with van der Waals surface area (Å²) in [6.45, 7) is 5.65. The lowest BCUT2D eigenvalue weighted by Gasteiger charge is -2.38. The smallest absolute Gasteiger partial charge is 0.242 e. The van der Waals surface area contributed by atoms with Gasteiger partial charge in [-0.3, -0.25) is 9.59 Å². The minimum atomic E-state index is -0.0877. The van der Waals surface area contributed by atoms with E-state index in [1.807, 2.05) is 17.0 Å². The summed E-state index contributed by atoms with van der Waals surface area (Å²) in [6, 6.07) is 10.3. The predicted molar refractivity (Wildman–Crippen MR) is 114 cm³/mol. The Kier molecular flexibility index (Phi) is 6.01. The molecule has 5 nitrogen and oxygen atoms in total. The molecule has 1 saturated heterocycles. The van der Waals surface area contributed by atoms with Gasteiger partial charge in [0, 0.05) is 31.5 Å². The third-order valence-electron chi connectivity index (χ3n) is 5.99. The largest absolute Gasteiger partial charge is 0.376 e. The van der Waals surface area contributed by atoms with Gasteiger partial charge in [0.25, 0.3) is 0 Å². The second-order valence-corrected chi connectivity index (χ2v) is 8.93. The second kappa shape index (κ2) is 8.67. The first-order valence-electron chi connectivity index (χ1n) is 10.3. The summed E-state index contributed by atoms with van der Waals surface area (Å²) in [6.07, 6.45) is 2.88. The molecule has 29 heavy (non-hydrogen) atoms. The molecule has 2 aliphatic rings. The zero-order valence-electron chi connectivity index (χ0n) is 17.1. The minimum Gasteiger partial charge on any atom is -0.376 e. The Bertz CT molecular complexity index is 888. The Balaban J connectivity index is 1.59. The highest BCUT2D eigenvalue weighted by atomic mass is 32.1. The fourth-order valence-corrected chi connectivity index (χ4v) is 5.31. The highest BCUT2D eigenvalue weighted by molar-refractivity contribution is 7.10. The number of carbonyl (C=O) groups is 2. The van der Waals surface area contributed by atoms with E-state index < -0.39 is 0 Å². The summed E-state index contributed by atoms with van der Waals surface area (Å²) < 4.78 is 5.69. The summed E-state index contributed by atoms with van der Waals surface area (Å²) in [7, 11) is 0. The van der Waals surface area contributed by atoms with Crippen molar-refractivity contribution in [3.8, 4) is 0 Å². The summed E-state index contributed by atoms with van der Waals surface area (Å²) >= 11 is 1.76. The van der Waals surface area contributed by atoms with Gasteiger partial charge in [0.15, 0.2) is 0 Å². The summed E-state index contributed by atoms with van der Waals surface area (Å²) in [5.41, 5.74) is 3.56. The molecule has 6 heteroatoms. The van der Waals surface area contributed by atoms with Gasteiger partial charge in [-0.2, -0.15) is 0 Å². The van der Waals surface area contributed by atoms with E-state index in [-0.39, 0.29) is 30.5 Å². The zero-order valence-corrected chi connectivity index (χ0v) is 17.9. The third kappa shape index (κ3) is 4.23. The van der Waals surface area contributed by atoms with E-state index in [9.17, 15) is 9.59 Å². The lowest BCUT2D eigenvalue weighted by Crippen LogP contribution is -2.48. The van der Waals surface area contributed by atoms with Crippen LogP contribution >= 0.6 is 11.3 Å². The molecule has 2 aliphatic heterocycles. The molecule has 1 fully saturated rings. The van der Waals surface area contributed by atoms with Gasteiger partial charge in [0.2, 0.25) is 11.8 Å². The maximum atomic E-state index is 13.4. The minimum absolute atomic E-state index is 0.00306. The number of hydrogen-bond donors (Lipinski definition) is 0. The number of fused-ring (bicyclic) bond motifs is 1. The van der Waals surface area contributed by atoms with E-state index in [0.29, 0.717) is 13.1 Å². The average molecular weight is 413 g/mol. The molecule has 0 N–H and O–H groups in total. The van der Waals surface area contributed by atoms with Crippen LogP contribution in [0, 0.1) is 6.92 Å². The fourth-order valence-electron chi connectivity index (χ4n) is 4.41. The highest BCUT2D eigenvalue weighted by Crippen LogP contribution is 2.39. The topological polar surface area (TPSA) is 49.9 Å². The molecule has 154 valence electrons. The van der Waals surface area contributed by atoms with Crippen LogP contribution in [0.1, 0.15) is 47.4 Å². The number of ether oxygens (including phenoxy) is 1. The maximum absolute atomic E-state index is 13.4. The molecule has 0 bridgehead atoms. The summed E-state index contributed by atoms with van der Waals surface area (Å²) in [4.78, 5) is 30.6. The first-order valence-corrected chi connectivity index (χ1v) is 11.2. The van der Waals surface area contributed by atoms with E-state index in [2.05, 4.69) is 30.5 Å². The second-order valence-electron chi connectivity index (χ2n) is 7.93. The van der Waals surface area contributed by atoms with Crippen LogP contribution in [0.4, 0.5) is 0 Å². The lowest BCUT2D eigenvalue weighted by atomic mass is 9.90. The van der Waals surface area contributed by atoms with Crippen molar-refractivity contribution in [3.05, 3.63) is 57.3 Å². The molecule has 2 amide bonds. The van der Waals surface area contributed by atoms with E-state index >= 15 is 0 Å². The number of benzene rings is 1. The fraction of sp³-hybridized carbons (Fsp3) is 0.478. The number of amides is 2. The monoisotopic (exact) mass is 412 g/mol. The van der Waals surface area contributed by atoms with Crippen molar-refractivity contribution in [1.82, 2.24) is 9.80 Å². The van der Waals surface area contributed by atoms with Crippen LogP contribution in [0.15, 0.2) is 35.7 Å². The van der Waals surface area contributed by atoms with Crippen LogP contribution in [-0.4, -0.2) is 54.0 Å². The molecule has 2 atom stereocenters. The van der Waals surface area contributed by atoms with Crippen LogP contribution in [0.25, 0.3) is 0 Å². The molecule has 2 aromatic rings. The van der Waals surface area contributed by atoms with Crippen LogP contribution in [0.2, 0.25) is 0 Å². The van der Waals surface area contributed by atoms with Crippen molar-refractivity contribution in [2.24, 2.45) is 0 Å². The standard InChI is InChI=1S/C23H28N2O3S/c1-16-6-3-4-8-19(16)23-20-10-13-29-21(20)9-11-25(23)22(27)15-24(17(2)26)14-18-7-5-12-28-18/h3-4,6,8,10,13,18,23H,5,7,9,11-12,14-15H2,1-2H3/t18-,23+/m0/s1. The lowest BCUT2D eigenvalue weighted by molar-refractivity contribution is -0.141. The highest BCUT2D eigenvalue weighted by Gasteiger charge is 2.34. The number of rotatable bonds is 5. The van der Waals surface area contributed by atoms with Crippen molar-refractivity contribution in [3.63, 3.8) is 0 Å². The molecule has 3 heterocycles. The first-order chi connectivity index (χ1) is 14.0. The Morgan fingerprint density at radius 1 is 1.24 bits per heavy atom. The van der Waals surface area contributed by atoms with Gasteiger partial charge in [-0.25, -0.2) is 0 Å². The zero-order chi connectivity index (χ0) is 20.4. The number of aryl methyl sites for hydroxylation is 1. The van der Waals surface area contributed by atoms with E-state index in [1.54, 1.807) is 16.2 Å². The van der Waals surface area contributed by atoms with Gasteiger partial charge in [-0.1, -0.05) is 24.3 Å². The normalized spacial score (nSPS) is 21.1. The van der Waals surface area contributed by atoms with Crippen LogP contribution < -0.4 is 0 Å². The van der Waals surface area contributed by atoms with Gasteiger partial charge in [-0.05, 0) is 54.3 Å². The van der Waals surface area contributed by atoms with Crippen LogP contribution in [0.3, 0.4) is 0 Å². The van der Waals surface area contributed by atoms with Crippen LogP contribution in [0.5, 0.6) is 0 Å². The van der Waals surface area contributed by atoms with E-state index in [0.717, 1.165) is 31.4 Å². The molecular weight excluding hydrogens is 384 g/mol. The molecule has 0 spiro atoms. The number of nitrogens with zero attached hydrogens (tertiary/aromatic N) is 2. The van der Waals surface area contributed by atoms with Crippen LogP contribution in [-0.2, 0) is 20.7 Å². The van der Waals surface area contributed by atoms with Gasteiger partial charge in [-0.15, -0.1) is 11.3 Å². The third-order valence-corrected chi connectivity index (χ3v) is 6.99. The van der Waals surface area contributed by atoms with Crippen molar-refractivity contribution in [1.29, 1.82) is 0 Å².